The summed E-state index contributed by atoms with van der Waals surface area (Å²) in [5.41, 5.74) is 3.64. The number of hydrogen-bond acceptors (Lipinski definition) is 6. The Labute approximate surface area is 325 Å². The fourth-order valence-electron chi connectivity index (χ4n) is 6.88. The second-order valence-corrected chi connectivity index (χ2v) is 15.0. The van der Waals surface area contributed by atoms with E-state index >= 15 is 4.79 Å². The summed E-state index contributed by atoms with van der Waals surface area (Å²) in [5.74, 6) is 1.35. The van der Waals surface area contributed by atoms with Crippen molar-refractivity contribution in [1.29, 1.82) is 0 Å². The molecule has 0 unspecified atom stereocenters. The number of amides is 3. The quantitative estimate of drug-likeness (QED) is 0.242. The first-order chi connectivity index (χ1) is 24.0. The van der Waals surface area contributed by atoms with Crippen molar-refractivity contribution in [3.8, 4) is 5.75 Å². The minimum absolute atomic E-state index is 0. The number of amidine groups is 1. The van der Waals surface area contributed by atoms with Crippen LogP contribution < -0.4 is 4.74 Å². The third-order valence-corrected chi connectivity index (χ3v) is 10.2. The topological polar surface area (TPSA) is 77.9 Å². The van der Waals surface area contributed by atoms with Gasteiger partial charge in [-0.05, 0) is 71.8 Å². The molecule has 3 aliphatic heterocycles. The van der Waals surface area contributed by atoms with E-state index in [1.807, 2.05) is 76.2 Å². The number of morpholine rings is 1. The highest BCUT2D eigenvalue weighted by atomic mass is 35.5. The molecule has 0 N–H and O–H groups in total. The third-order valence-electron chi connectivity index (χ3n) is 9.67. The minimum Gasteiger partial charge on any atom is -0.493 e. The van der Waals surface area contributed by atoms with Gasteiger partial charge in [-0.25, -0.2) is 4.79 Å². The standard InChI is InChI=1S/C39H47Cl2N5O4.CH4.ClH/c1-5-50-33-25-29(39(2,3)4)11-16-32(33)37-42-35(27-7-12-30(40)13-8-27)36(28-9-14-31(41)15-10-28)46(37)38(48)45-18-6-17-43(19-20-45)26-34(47)44-21-23-49-24-22-44;;/h7-16,25,35-36H,5-6,17-24,26H2,1-4H3;1H4;1H/t35-,36+;;/m0../s1. The second kappa shape index (κ2) is 18.1. The SMILES string of the molecule is C.CCOc1cc(C(C)(C)C)ccc1C1=N[C@@H](c2ccc(Cl)cc2)[C@@H](c2ccc(Cl)cc2)N1C(=O)N1CCCN(CC(=O)N2CCOCC2)CC1.Cl. The van der Waals surface area contributed by atoms with Crippen LogP contribution in [-0.2, 0) is 14.9 Å². The Hall–Kier alpha value is -3.34. The van der Waals surface area contributed by atoms with Gasteiger partial charge in [0.15, 0.2) is 0 Å². The first-order valence-electron chi connectivity index (χ1n) is 17.6. The molecule has 3 amide bonds. The molecule has 9 nitrogen and oxygen atoms in total. The zero-order valence-electron chi connectivity index (χ0n) is 29.8. The summed E-state index contributed by atoms with van der Waals surface area (Å²) in [6.45, 7) is 14.0. The fraction of sp³-hybridized carbons (Fsp3) is 0.475. The second-order valence-electron chi connectivity index (χ2n) is 14.1. The lowest BCUT2D eigenvalue weighted by Gasteiger charge is -2.34. The highest BCUT2D eigenvalue weighted by Crippen LogP contribution is 2.46. The molecule has 0 bridgehead atoms. The van der Waals surface area contributed by atoms with E-state index in [0.717, 1.165) is 35.2 Å². The van der Waals surface area contributed by atoms with Crippen LogP contribution in [0.15, 0.2) is 71.7 Å². The highest BCUT2D eigenvalue weighted by Gasteiger charge is 2.45. The van der Waals surface area contributed by atoms with Gasteiger partial charge < -0.3 is 19.3 Å². The van der Waals surface area contributed by atoms with Crippen molar-refractivity contribution in [2.45, 2.75) is 59.0 Å². The monoisotopic (exact) mass is 771 g/mol. The summed E-state index contributed by atoms with van der Waals surface area (Å²) in [6.07, 6.45) is 0.749. The van der Waals surface area contributed by atoms with Gasteiger partial charge in [0.05, 0.1) is 38.0 Å². The van der Waals surface area contributed by atoms with E-state index in [1.165, 1.54) is 0 Å². The molecule has 52 heavy (non-hydrogen) atoms. The Morgan fingerprint density at radius 3 is 2.10 bits per heavy atom. The van der Waals surface area contributed by atoms with Gasteiger partial charge in [-0.3, -0.25) is 19.6 Å². The van der Waals surface area contributed by atoms with Gasteiger partial charge in [0.1, 0.15) is 17.6 Å². The number of carbonyl (C=O) groups is 2. The Morgan fingerprint density at radius 1 is 0.846 bits per heavy atom. The number of hydrogen-bond donors (Lipinski definition) is 0. The van der Waals surface area contributed by atoms with Crippen LogP contribution >= 0.6 is 35.6 Å². The van der Waals surface area contributed by atoms with Crippen molar-refractivity contribution >= 4 is 53.4 Å². The Bertz CT molecular complexity index is 1690. The van der Waals surface area contributed by atoms with E-state index in [2.05, 4.69) is 37.8 Å². The molecular formula is C40H52Cl3N5O4. The molecule has 2 saturated heterocycles. The summed E-state index contributed by atoms with van der Waals surface area (Å²) < 4.78 is 11.7. The van der Waals surface area contributed by atoms with Crippen LogP contribution in [0.1, 0.15) is 75.9 Å². The number of halogens is 3. The zero-order chi connectivity index (χ0) is 35.4. The zero-order valence-corrected chi connectivity index (χ0v) is 32.1. The van der Waals surface area contributed by atoms with Crippen molar-refractivity contribution in [1.82, 2.24) is 19.6 Å². The molecule has 2 atom stereocenters. The molecule has 3 heterocycles. The summed E-state index contributed by atoms with van der Waals surface area (Å²) in [4.78, 5) is 41.3. The van der Waals surface area contributed by atoms with Crippen molar-refractivity contribution in [2.75, 3.05) is 65.6 Å². The third kappa shape index (κ3) is 9.41. The van der Waals surface area contributed by atoms with Crippen LogP contribution in [-0.4, -0.2) is 103 Å². The van der Waals surface area contributed by atoms with Crippen LogP contribution in [0.4, 0.5) is 4.79 Å². The molecular weight excluding hydrogens is 721 g/mol. The Balaban J connectivity index is 0.00000302. The number of benzene rings is 3. The molecule has 0 radical (unpaired) electrons. The molecule has 0 saturated carbocycles. The van der Waals surface area contributed by atoms with Crippen molar-refractivity contribution < 1.29 is 19.1 Å². The van der Waals surface area contributed by atoms with Crippen molar-refractivity contribution in [2.24, 2.45) is 4.99 Å². The maximum absolute atomic E-state index is 15.1. The van der Waals surface area contributed by atoms with Crippen LogP contribution in [0, 0.1) is 0 Å². The Kier molecular flexibility index (Phi) is 14.4. The maximum atomic E-state index is 15.1. The molecule has 0 aliphatic carbocycles. The van der Waals surface area contributed by atoms with Crippen LogP contribution in [0.3, 0.4) is 0 Å². The number of carbonyl (C=O) groups excluding carboxylic acids is 2. The number of nitrogens with zero attached hydrogens (tertiary/aromatic N) is 5. The van der Waals surface area contributed by atoms with Crippen molar-refractivity contribution in [3.63, 3.8) is 0 Å². The van der Waals surface area contributed by atoms with Crippen LogP contribution in [0.2, 0.25) is 10.0 Å². The molecule has 3 aromatic rings. The summed E-state index contributed by atoms with van der Waals surface area (Å²) in [5, 5.41) is 1.24. The van der Waals surface area contributed by atoms with Crippen molar-refractivity contribution in [3.05, 3.63) is 99.0 Å². The first-order valence-corrected chi connectivity index (χ1v) is 18.3. The molecule has 3 aliphatic rings. The summed E-state index contributed by atoms with van der Waals surface area (Å²) in [6, 6.07) is 20.5. The number of aliphatic imine (C=N–C) groups is 1. The minimum atomic E-state index is -0.463. The van der Waals surface area contributed by atoms with E-state index in [0.29, 0.717) is 80.7 Å². The van der Waals surface area contributed by atoms with Crippen LogP contribution in [0.25, 0.3) is 0 Å². The fourth-order valence-corrected chi connectivity index (χ4v) is 7.13. The van der Waals surface area contributed by atoms with E-state index in [1.54, 1.807) is 0 Å². The van der Waals surface area contributed by atoms with Gasteiger partial charge in [-0.2, -0.15) is 0 Å². The first kappa shape index (κ1) is 41.4. The van der Waals surface area contributed by atoms with Gasteiger partial charge in [0, 0.05) is 49.3 Å². The summed E-state index contributed by atoms with van der Waals surface area (Å²) >= 11 is 12.7. The van der Waals surface area contributed by atoms with Gasteiger partial charge in [0.2, 0.25) is 5.91 Å². The highest BCUT2D eigenvalue weighted by molar-refractivity contribution is 6.30. The average molecular weight is 773 g/mol. The lowest BCUT2D eigenvalue weighted by Crippen LogP contribution is -2.48. The molecule has 6 rings (SSSR count). The molecule has 282 valence electrons. The Morgan fingerprint density at radius 2 is 1.48 bits per heavy atom. The molecule has 0 spiro atoms. The van der Waals surface area contributed by atoms with Gasteiger partial charge >= 0.3 is 6.03 Å². The van der Waals surface area contributed by atoms with Gasteiger partial charge in [0.25, 0.3) is 0 Å². The average Bonchev–Trinajstić information content (AvgIpc) is 3.34. The number of rotatable bonds is 7. The normalized spacial score (nSPS) is 19.7. The summed E-state index contributed by atoms with van der Waals surface area (Å²) in [7, 11) is 0. The number of ether oxygens (including phenoxy) is 2. The van der Waals surface area contributed by atoms with Gasteiger partial charge in [-0.1, -0.05) is 81.7 Å². The van der Waals surface area contributed by atoms with E-state index < -0.39 is 12.1 Å². The number of urea groups is 1. The van der Waals surface area contributed by atoms with Gasteiger partial charge in [-0.15, -0.1) is 12.4 Å². The lowest BCUT2D eigenvalue weighted by atomic mass is 9.86. The molecule has 2 fully saturated rings. The molecule has 12 heteroatoms. The lowest BCUT2D eigenvalue weighted by molar-refractivity contribution is -0.136. The van der Waals surface area contributed by atoms with E-state index in [9.17, 15) is 4.79 Å². The smallest absolute Gasteiger partial charge is 0.326 e. The molecule has 3 aromatic carbocycles. The predicted octanol–water partition coefficient (Wildman–Crippen LogP) is 8.28. The molecule has 0 aromatic heterocycles. The predicted molar refractivity (Wildman–Crippen MR) is 212 cm³/mol. The van der Waals surface area contributed by atoms with E-state index in [-0.39, 0.29) is 37.2 Å². The van der Waals surface area contributed by atoms with Crippen LogP contribution in [0.5, 0.6) is 5.75 Å². The van der Waals surface area contributed by atoms with E-state index in [4.69, 9.17) is 37.7 Å². The largest absolute Gasteiger partial charge is 0.493 e. The maximum Gasteiger partial charge on any atom is 0.326 e.